The molecular formula is C16H29N3O2. The van der Waals surface area contributed by atoms with Gasteiger partial charge in [0.25, 0.3) is 0 Å². The minimum absolute atomic E-state index is 0.0705. The van der Waals surface area contributed by atoms with Crippen molar-refractivity contribution in [3.63, 3.8) is 0 Å². The number of nitrogens with one attached hydrogen (secondary N) is 2. The second-order valence-electron chi connectivity index (χ2n) is 6.90. The molecular weight excluding hydrogens is 266 g/mol. The van der Waals surface area contributed by atoms with E-state index in [-0.39, 0.29) is 18.6 Å². The Morgan fingerprint density at radius 1 is 1.19 bits per heavy atom. The van der Waals surface area contributed by atoms with Gasteiger partial charge in [-0.2, -0.15) is 0 Å². The molecule has 5 heteroatoms. The van der Waals surface area contributed by atoms with Crippen LogP contribution in [0.3, 0.4) is 0 Å². The lowest BCUT2D eigenvalue weighted by Crippen LogP contribution is -2.55. The molecule has 3 heterocycles. The fourth-order valence-electron chi connectivity index (χ4n) is 4.16. The van der Waals surface area contributed by atoms with Crippen LogP contribution in [0.2, 0.25) is 0 Å². The fourth-order valence-corrected chi connectivity index (χ4v) is 4.16. The summed E-state index contributed by atoms with van der Waals surface area (Å²) in [6, 6.07) is 1.67. The smallest absolute Gasteiger partial charge is 0.246 e. The first-order valence-corrected chi connectivity index (χ1v) is 8.56. The Bertz CT molecular complexity index is 343. The van der Waals surface area contributed by atoms with Gasteiger partial charge < -0.3 is 20.3 Å². The Labute approximate surface area is 127 Å². The average molecular weight is 295 g/mol. The zero-order valence-corrected chi connectivity index (χ0v) is 13.1. The van der Waals surface area contributed by atoms with Gasteiger partial charge >= 0.3 is 0 Å². The average Bonchev–Trinajstić information content (AvgIpc) is 2.47. The van der Waals surface area contributed by atoms with E-state index in [4.69, 9.17) is 4.74 Å². The number of carbonyl (C=O) groups is 1. The Hall–Kier alpha value is -0.650. The van der Waals surface area contributed by atoms with Gasteiger partial charge in [-0.05, 0) is 58.7 Å². The van der Waals surface area contributed by atoms with E-state index in [9.17, 15) is 4.79 Å². The van der Waals surface area contributed by atoms with Crippen molar-refractivity contribution in [1.29, 1.82) is 0 Å². The fraction of sp³-hybridized carbons (Fsp3) is 0.938. The highest BCUT2D eigenvalue weighted by molar-refractivity contribution is 5.77. The van der Waals surface area contributed by atoms with E-state index in [2.05, 4.69) is 22.6 Å². The Kier molecular flexibility index (Phi) is 5.14. The predicted molar refractivity (Wildman–Crippen MR) is 82.2 cm³/mol. The van der Waals surface area contributed by atoms with Gasteiger partial charge in [0.05, 0.1) is 6.10 Å². The van der Waals surface area contributed by atoms with E-state index in [1.807, 2.05) is 0 Å². The molecule has 2 bridgehead atoms. The van der Waals surface area contributed by atoms with Crippen molar-refractivity contribution in [1.82, 2.24) is 15.5 Å². The maximum absolute atomic E-state index is 12.1. The molecule has 0 radical (unpaired) electrons. The molecule has 2 unspecified atom stereocenters. The molecule has 3 aliphatic heterocycles. The number of fused-ring (bicyclic) bond motifs is 2. The van der Waals surface area contributed by atoms with E-state index in [0.29, 0.717) is 18.1 Å². The second kappa shape index (κ2) is 7.07. The van der Waals surface area contributed by atoms with Gasteiger partial charge in [-0.15, -0.1) is 0 Å². The summed E-state index contributed by atoms with van der Waals surface area (Å²) in [5, 5.41) is 6.51. The highest BCUT2D eigenvalue weighted by Crippen LogP contribution is 2.32. The lowest BCUT2D eigenvalue weighted by Gasteiger charge is -2.47. The van der Waals surface area contributed by atoms with Gasteiger partial charge in [-0.3, -0.25) is 4.79 Å². The van der Waals surface area contributed by atoms with Crippen LogP contribution in [-0.4, -0.2) is 61.8 Å². The minimum Gasteiger partial charge on any atom is -0.368 e. The third-order valence-corrected chi connectivity index (χ3v) is 5.44. The molecule has 3 rings (SSSR count). The Morgan fingerprint density at radius 3 is 2.52 bits per heavy atom. The first-order chi connectivity index (χ1) is 10.2. The molecule has 0 aromatic heterocycles. The van der Waals surface area contributed by atoms with Crippen molar-refractivity contribution in [2.24, 2.45) is 0 Å². The molecule has 1 amide bonds. The largest absolute Gasteiger partial charge is 0.368 e. The topological polar surface area (TPSA) is 53.6 Å². The summed E-state index contributed by atoms with van der Waals surface area (Å²) in [4.78, 5) is 14.6. The molecule has 2 N–H and O–H groups in total. The molecule has 21 heavy (non-hydrogen) atoms. The van der Waals surface area contributed by atoms with Crippen LogP contribution < -0.4 is 10.6 Å². The molecule has 3 fully saturated rings. The summed E-state index contributed by atoms with van der Waals surface area (Å²) in [7, 11) is 2.24. The lowest BCUT2D eigenvalue weighted by molar-refractivity contribution is -0.129. The first-order valence-electron chi connectivity index (χ1n) is 8.56. The first kappa shape index (κ1) is 15.3. The summed E-state index contributed by atoms with van der Waals surface area (Å²) in [5.74, 6) is 0.0705. The molecule has 2 atom stereocenters. The van der Waals surface area contributed by atoms with Crippen molar-refractivity contribution in [2.75, 3.05) is 26.7 Å². The summed E-state index contributed by atoms with van der Waals surface area (Å²) in [6.07, 6.45) is 8.42. The zero-order valence-electron chi connectivity index (χ0n) is 13.1. The monoisotopic (exact) mass is 295 g/mol. The van der Waals surface area contributed by atoms with Crippen LogP contribution in [-0.2, 0) is 9.53 Å². The van der Waals surface area contributed by atoms with Gasteiger partial charge in [0.1, 0.15) is 6.61 Å². The van der Waals surface area contributed by atoms with Gasteiger partial charge in [0.2, 0.25) is 5.91 Å². The predicted octanol–water partition coefficient (Wildman–Crippen LogP) is 0.887. The van der Waals surface area contributed by atoms with Crippen molar-refractivity contribution >= 4 is 5.91 Å². The van der Waals surface area contributed by atoms with Crippen LogP contribution in [0, 0.1) is 0 Å². The van der Waals surface area contributed by atoms with Crippen LogP contribution in [0.1, 0.15) is 44.9 Å². The summed E-state index contributed by atoms with van der Waals surface area (Å²) in [6.45, 7) is 2.24. The lowest BCUT2D eigenvalue weighted by atomic mass is 9.82. The van der Waals surface area contributed by atoms with Crippen molar-refractivity contribution in [2.45, 2.75) is 69.2 Å². The SMILES string of the molecule is CN1C2CCCC1CC(NC(=O)COC1CCNCC1)C2. The van der Waals surface area contributed by atoms with Gasteiger partial charge in [-0.25, -0.2) is 0 Å². The second-order valence-corrected chi connectivity index (χ2v) is 6.90. The molecule has 0 spiro atoms. The van der Waals surface area contributed by atoms with Crippen molar-refractivity contribution in [3.8, 4) is 0 Å². The maximum atomic E-state index is 12.1. The molecule has 0 aromatic rings. The summed E-state index contributed by atoms with van der Waals surface area (Å²) in [5.41, 5.74) is 0. The number of hydrogen-bond donors (Lipinski definition) is 2. The van der Waals surface area contributed by atoms with E-state index < -0.39 is 0 Å². The highest BCUT2D eigenvalue weighted by atomic mass is 16.5. The van der Waals surface area contributed by atoms with Crippen LogP contribution in [0.5, 0.6) is 0 Å². The standard InChI is InChI=1S/C16H29N3O2/c1-19-13-3-2-4-14(19)10-12(9-13)18-16(20)11-21-15-5-7-17-8-6-15/h12-15,17H,2-11H2,1H3,(H,18,20). The number of hydrogen-bond acceptors (Lipinski definition) is 4. The van der Waals surface area contributed by atoms with Gasteiger partial charge in [-0.1, -0.05) is 6.42 Å². The Balaban J connectivity index is 1.40. The third-order valence-electron chi connectivity index (χ3n) is 5.44. The minimum atomic E-state index is 0.0705. The number of piperidine rings is 3. The molecule has 0 saturated carbocycles. The van der Waals surface area contributed by atoms with Crippen molar-refractivity contribution in [3.05, 3.63) is 0 Å². The Morgan fingerprint density at radius 2 is 1.86 bits per heavy atom. The molecule has 0 aromatic carbocycles. The molecule has 120 valence electrons. The van der Waals surface area contributed by atoms with Crippen LogP contribution >= 0.6 is 0 Å². The van der Waals surface area contributed by atoms with E-state index in [1.54, 1.807) is 0 Å². The van der Waals surface area contributed by atoms with Crippen molar-refractivity contribution < 1.29 is 9.53 Å². The quantitative estimate of drug-likeness (QED) is 0.809. The van der Waals surface area contributed by atoms with Crippen LogP contribution in [0.25, 0.3) is 0 Å². The number of rotatable bonds is 4. The number of ether oxygens (including phenoxy) is 1. The number of nitrogens with zero attached hydrogens (tertiary/aromatic N) is 1. The van der Waals surface area contributed by atoms with Gasteiger partial charge in [0, 0.05) is 18.1 Å². The summed E-state index contributed by atoms with van der Waals surface area (Å²) < 4.78 is 5.74. The number of carbonyl (C=O) groups excluding carboxylic acids is 1. The molecule has 3 aliphatic rings. The molecule has 0 aliphatic carbocycles. The van der Waals surface area contributed by atoms with E-state index >= 15 is 0 Å². The highest BCUT2D eigenvalue weighted by Gasteiger charge is 2.36. The van der Waals surface area contributed by atoms with E-state index in [1.165, 1.54) is 19.3 Å². The molecule has 5 nitrogen and oxygen atoms in total. The maximum Gasteiger partial charge on any atom is 0.246 e. The normalized spacial score (nSPS) is 34.6. The molecule has 3 saturated heterocycles. The summed E-state index contributed by atoms with van der Waals surface area (Å²) >= 11 is 0. The number of amides is 1. The zero-order chi connectivity index (χ0) is 14.7. The third kappa shape index (κ3) is 3.96. The van der Waals surface area contributed by atoms with Crippen LogP contribution in [0.4, 0.5) is 0 Å². The van der Waals surface area contributed by atoms with Crippen LogP contribution in [0.15, 0.2) is 0 Å². The van der Waals surface area contributed by atoms with Gasteiger partial charge in [0.15, 0.2) is 0 Å². The van der Waals surface area contributed by atoms with E-state index in [0.717, 1.165) is 38.8 Å².